The first-order valence-electron chi connectivity index (χ1n) is 5.41. The number of benzene rings is 1. The first-order chi connectivity index (χ1) is 9.16. The number of ether oxygens (including phenoxy) is 1. The van der Waals surface area contributed by atoms with Gasteiger partial charge in [0.1, 0.15) is 12.1 Å². The van der Waals surface area contributed by atoms with Crippen LogP contribution >= 0.6 is 11.8 Å². The molecule has 1 aromatic carbocycles. The molecule has 0 saturated carbocycles. The zero-order valence-electron chi connectivity index (χ0n) is 9.89. The Labute approximate surface area is 113 Å². The minimum atomic E-state index is -0.954. The molecule has 0 aliphatic heterocycles. The number of aromatic nitrogens is 3. The first kappa shape index (κ1) is 13.2. The van der Waals surface area contributed by atoms with Gasteiger partial charge in [-0.2, -0.15) is 0 Å². The van der Waals surface area contributed by atoms with Gasteiger partial charge in [0.2, 0.25) is 5.16 Å². The van der Waals surface area contributed by atoms with Crippen molar-refractivity contribution in [2.45, 2.75) is 5.16 Å². The summed E-state index contributed by atoms with van der Waals surface area (Å²) in [6, 6.07) is 6.25. The maximum absolute atomic E-state index is 10.7. The van der Waals surface area contributed by atoms with Crippen LogP contribution in [0.15, 0.2) is 35.7 Å². The van der Waals surface area contributed by atoms with E-state index in [0.717, 1.165) is 0 Å². The standard InChI is InChI=1S/C11H12N4O3S/c12-15-7-13-14-11(15)19-6-5-18-9-3-1-8(2-4-9)10(16)17/h1-4,7H,5-6,12H2,(H,16,17). The summed E-state index contributed by atoms with van der Waals surface area (Å²) in [6.45, 7) is 0.462. The van der Waals surface area contributed by atoms with E-state index in [9.17, 15) is 4.79 Å². The van der Waals surface area contributed by atoms with E-state index in [0.29, 0.717) is 23.3 Å². The van der Waals surface area contributed by atoms with Crippen LogP contribution in [0.3, 0.4) is 0 Å². The number of rotatable bonds is 6. The lowest BCUT2D eigenvalue weighted by Crippen LogP contribution is -2.09. The molecule has 0 unspecified atom stereocenters. The van der Waals surface area contributed by atoms with Crippen LogP contribution in [0.4, 0.5) is 0 Å². The monoisotopic (exact) mass is 280 g/mol. The SMILES string of the molecule is Nn1cnnc1SCCOc1ccc(C(=O)O)cc1. The molecule has 0 spiro atoms. The van der Waals surface area contributed by atoms with Crippen LogP contribution in [0.5, 0.6) is 5.75 Å². The van der Waals surface area contributed by atoms with E-state index < -0.39 is 5.97 Å². The van der Waals surface area contributed by atoms with Crippen molar-refractivity contribution in [2.75, 3.05) is 18.2 Å². The van der Waals surface area contributed by atoms with Gasteiger partial charge in [-0.1, -0.05) is 11.8 Å². The second kappa shape index (κ2) is 6.10. The lowest BCUT2D eigenvalue weighted by atomic mass is 10.2. The van der Waals surface area contributed by atoms with Crippen LogP contribution in [0.2, 0.25) is 0 Å². The molecule has 0 radical (unpaired) electrons. The lowest BCUT2D eigenvalue weighted by Gasteiger charge is -2.05. The van der Waals surface area contributed by atoms with Gasteiger partial charge in [0, 0.05) is 5.75 Å². The summed E-state index contributed by atoms with van der Waals surface area (Å²) in [5.74, 6) is 5.89. The number of hydrogen-bond acceptors (Lipinski definition) is 6. The molecule has 100 valence electrons. The van der Waals surface area contributed by atoms with Crippen LogP contribution in [-0.2, 0) is 0 Å². The molecule has 0 saturated heterocycles. The van der Waals surface area contributed by atoms with Crippen molar-refractivity contribution in [3.8, 4) is 5.75 Å². The third-order valence-electron chi connectivity index (χ3n) is 2.22. The van der Waals surface area contributed by atoms with Crippen molar-refractivity contribution in [1.29, 1.82) is 0 Å². The van der Waals surface area contributed by atoms with Gasteiger partial charge < -0.3 is 15.7 Å². The van der Waals surface area contributed by atoms with E-state index in [1.165, 1.54) is 34.9 Å². The maximum Gasteiger partial charge on any atom is 0.335 e. The number of hydrogen-bond donors (Lipinski definition) is 2. The Morgan fingerprint density at radius 3 is 2.74 bits per heavy atom. The summed E-state index contributed by atoms with van der Waals surface area (Å²) in [5.41, 5.74) is 0.234. The number of nitrogens with two attached hydrogens (primary N) is 1. The number of thioether (sulfide) groups is 1. The predicted molar refractivity (Wildman–Crippen MR) is 69.8 cm³/mol. The molecule has 2 aromatic rings. The molecular formula is C11H12N4O3S. The highest BCUT2D eigenvalue weighted by Gasteiger charge is 2.03. The highest BCUT2D eigenvalue weighted by Crippen LogP contribution is 2.15. The van der Waals surface area contributed by atoms with Gasteiger partial charge in [-0.05, 0) is 24.3 Å². The van der Waals surface area contributed by atoms with E-state index in [2.05, 4.69) is 10.2 Å². The fraction of sp³-hybridized carbons (Fsp3) is 0.182. The van der Waals surface area contributed by atoms with Crippen LogP contribution in [0.1, 0.15) is 10.4 Å². The first-order valence-corrected chi connectivity index (χ1v) is 6.39. The van der Waals surface area contributed by atoms with Crippen LogP contribution in [-0.4, -0.2) is 38.3 Å². The third kappa shape index (κ3) is 3.62. The number of nitrogen functional groups attached to an aromatic ring is 1. The van der Waals surface area contributed by atoms with Crippen molar-refractivity contribution < 1.29 is 14.6 Å². The van der Waals surface area contributed by atoms with Crippen LogP contribution < -0.4 is 10.6 Å². The lowest BCUT2D eigenvalue weighted by molar-refractivity contribution is 0.0697. The number of carbonyl (C=O) groups is 1. The van der Waals surface area contributed by atoms with Crippen LogP contribution in [0.25, 0.3) is 0 Å². The number of carboxylic acids is 1. The molecule has 1 aromatic heterocycles. The zero-order chi connectivity index (χ0) is 13.7. The zero-order valence-corrected chi connectivity index (χ0v) is 10.7. The van der Waals surface area contributed by atoms with E-state index in [4.69, 9.17) is 15.7 Å². The molecule has 0 atom stereocenters. The maximum atomic E-state index is 10.7. The second-order valence-corrected chi connectivity index (χ2v) is 4.61. The Morgan fingerprint density at radius 1 is 1.42 bits per heavy atom. The average molecular weight is 280 g/mol. The molecule has 0 bridgehead atoms. The predicted octanol–water partition coefficient (Wildman–Crippen LogP) is 0.861. The minimum Gasteiger partial charge on any atom is -0.493 e. The Kier molecular flexibility index (Phi) is 4.24. The van der Waals surface area contributed by atoms with Gasteiger partial charge in [-0.15, -0.1) is 10.2 Å². The van der Waals surface area contributed by atoms with Gasteiger partial charge in [-0.3, -0.25) is 0 Å². The van der Waals surface area contributed by atoms with Crippen molar-refractivity contribution in [3.63, 3.8) is 0 Å². The summed E-state index contributed by atoms with van der Waals surface area (Å²) >= 11 is 1.43. The van der Waals surface area contributed by atoms with Gasteiger partial charge >= 0.3 is 5.97 Å². The molecule has 3 N–H and O–H groups in total. The van der Waals surface area contributed by atoms with Gasteiger partial charge in [0.25, 0.3) is 0 Å². The smallest absolute Gasteiger partial charge is 0.335 e. The molecule has 2 rings (SSSR count). The van der Waals surface area contributed by atoms with Crippen LogP contribution in [0, 0.1) is 0 Å². The van der Waals surface area contributed by atoms with Crippen molar-refractivity contribution >= 4 is 17.7 Å². The fourth-order valence-electron chi connectivity index (χ4n) is 1.32. The molecule has 8 heteroatoms. The number of carboxylic acid groups (broad SMARTS) is 1. The topological polar surface area (TPSA) is 103 Å². The molecular weight excluding hydrogens is 268 g/mol. The van der Waals surface area contributed by atoms with E-state index in [1.807, 2.05) is 0 Å². The van der Waals surface area contributed by atoms with E-state index in [-0.39, 0.29) is 5.56 Å². The quantitative estimate of drug-likeness (QED) is 0.459. The van der Waals surface area contributed by atoms with E-state index in [1.54, 1.807) is 12.1 Å². The minimum absolute atomic E-state index is 0.234. The fourth-order valence-corrected chi connectivity index (χ4v) is 1.97. The van der Waals surface area contributed by atoms with Gasteiger partial charge in [0.15, 0.2) is 0 Å². The second-order valence-electron chi connectivity index (χ2n) is 3.55. The Morgan fingerprint density at radius 2 is 2.16 bits per heavy atom. The summed E-state index contributed by atoms with van der Waals surface area (Å²) in [6.07, 6.45) is 1.42. The van der Waals surface area contributed by atoms with Gasteiger partial charge in [0.05, 0.1) is 12.2 Å². The highest BCUT2D eigenvalue weighted by molar-refractivity contribution is 7.99. The molecule has 0 aliphatic carbocycles. The normalized spacial score (nSPS) is 10.3. The molecule has 0 fully saturated rings. The Balaban J connectivity index is 1.76. The summed E-state index contributed by atoms with van der Waals surface area (Å²) < 4.78 is 6.81. The summed E-state index contributed by atoms with van der Waals surface area (Å²) in [7, 11) is 0. The largest absolute Gasteiger partial charge is 0.493 e. The summed E-state index contributed by atoms with van der Waals surface area (Å²) in [5, 5.41) is 16.8. The summed E-state index contributed by atoms with van der Waals surface area (Å²) in [4.78, 5) is 10.7. The molecule has 0 aliphatic rings. The van der Waals surface area contributed by atoms with E-state index >= 15 is 0 Å². The molecule has 1 heterocycles. The molecule has 0 amide bonds. The number of aromatic carboxylic acids is 1. The van der Waals surface area contributed by atoms with Gasteiger partial charge in [-0.25, -0.2) is 9.47 Å². The number of nitrogens with zero attached hydrogens (tertiary/aromatic N) is 3. The Bertz CT molecular complexity index is 555. The van der Waals surface area contributed by atoms with Crippen molar-refractivity contribution in [3.05, 3.63) is 36.2 Å². The Hall–Kier alpha value is -2.22. The van der Waals surface area contributed by atoms with Crippen molar-refractivity contribution in [2.24, 2.45) is 0 Å². The average Bonchev–Trinajstić information content (AvgIpc) is 2.81. The van der Waals surface area contributed by atoms with Crippen molar-refractivity contribution in [1.82, 2.24) is 14.9 Å². The molecule has 7 nitrogen and oxygen atoms in total. The highest BCUT2D eigenvalue weighted by atomic mass is 32.2. The third-order valence-corrected chi connectivity index (χ3v) is 3.15. The molecule has 19 heavy (non-hydrogen) atoms.